The van der Waals surface area contributed by atoms with Crippen LogP contribution >= 0.6 is 11.6 Å². The molecule has 0 radical (unpaired) electrons. The first-order valence-electron chi connectivity index (χ1n) is 6.44. The minimum atomic E-state index is -3.29. The van der Waals surface area contributed by atoms with Gasteiger partial charge >= 0.3 is 0 Å². The van der Waals surface area contributed by atoms with Gasteiger partial charge in [-0.2, -0.15) is 0 Å². The predicted octanol–water partition coefficient (Wildman–Crippen LogP) is 2.00. The maximum atomic E-state index is 12.2. The molecule has 0 aromatic heterocycles. The van der Waals surface area contributed by atoms with E-state index in [0.29, 0.717) is 35.7 Å². The molecule has 1 aliphatic rings. The van der Waals surface area contributed by atoms with Gasteiger partial charge in [-0.3, -0.25) is 4.31 Å². The topological polar surface area (TPSA) is 57.6 Å². The van der Waals surface area contributed by atoms with Crippen molar-refractivity contribution in [1.82, 2.24) is 0 Å². The lowest BCUT2D eigenvalue weighted by molar-refractivity contribution is 0.305. The first kappa shape index (κ1) is 15.2. The van der Waals surface area contributed by atoms with Crippen molar-refractivity contribution in [1.29, 1.82) is 0 Å². The van der Waals surface area contributed by atoms with Gasteiger partial charge in [-0.25, -0.2) is 8.42 Å². The van der Waals surface area contributed by atoms with Crippen LogP contribution in [0.1, 0.15) is 24.8 Å². The number of aliphatic hydroxyl groups is 1. The number of rotatable bonds is 2. The van der Waals surface area contributed by atoms with Crippen molar-refractivity contribution in [3.05, 3.63) is 28.8 Å². The lowest BCUT2D eigenvalue weighted by atomic mass is 10.1. The van der Waals surface area contributed by atoms with Crippen LogP contribution in [-0.4, -0.2) is 32.4 Å². The number of hydrogen-bond donors (Lipinski definition) is 1. The Balaban J connectivity index is 2.44. The van der Waals surface area contributed by atoms with Crippen molar-refractivity contribution in [2.45, 2.75) is 19.3 Å². The molecule has 0 saturated carbocycles. The van der Waals surface area contributed by atoms with Gasteiger partial charge < -0.3 is 5.11 Å². The zero-order valence-electron chi connectivity index (χ0n) is 11.0. The Labute approximate surface area is 124 Å². The number of benzene rings is 1. The Hall–Kier alpha value is -1.22. The molecule has 0 atom stereocenters. The monoisotopic (exact) mass is 313 g/mol. The van der Waals surface area contributed by atoms with Crippen LogP contribution in [0.4, 0.5) is 5.69 Å². The molecule has 6 heteroatoms. The second kappa shape index (κ2) is 6.49. The zero-order chi connectivity index (χ0) is 14.6. The van der Waals surface area contributed by atoms with Crippen LogP contribution in [0.3, 0.4) is 0 Å². The quantitative estimate of drug-likeness (QED) is 0.850. The van der Waals surface area contributed by atoms with E-state index in [1.807, 2.05) is 0 Å². The Morgan fingerprint density at radius 1 is 1.35 bits per heavy atom. The third kappa shape index (κ3) is 3.45. The van der Waals surface area contributed by atoms with Crippen molar-refractivity contribution >= 4 is 27.3 Å². The maximum Gasteiger partial charge on any atom is 0.235 e. The van der Waals surface area contributed by atoms with Gasteiger partial charge in [0.25, 0.3) is 0 Å². The Bertz CT molecular complexity index is 646. The Kier molecular flexibility index (Phi) is 4.92. The van der Waals surface area contributed by atoms with Gasteiger partial charge in [-0.1, -0.05) is 23.4 Å². The predicted molar refractivity (Wildman–Crippen MR) is 80.4 cm³/mol. The van der Waals surface area contributed by atoms with Crippen LogP contribution in [0.2, 0.25) is 5.02 Å². The highest BCUT2D eigenvalue weighted by Crippen LogP contribution is 2.29. The number of sulfonamides is 1. The van der Waals surface area contributed by atoms with E-state index >= 15 is 0 Å². The van der Waals surface area contributed by atoms with E-state index in [2.05, 4.69) is 11.8 Å². The first-order chi connectivity index (χ1) is 9.54. The summed E-state index contributed by atoms with van der Waals surface area (Å²) >= 11 is 5.98. The number of anilines is 1. The zero-order valence-corrected chi connectivity index (χ0v) is 12.5. The van der Waals surface area contributed by atoms with Gasteiger partial charge in [0.2, 0.25) is 10.0 Å². The normalized spacial score (nSPS) is 17.4. The summed E-state index contributed by atoms with van der Waals surface area (Å²) in [5, 5.41) is 9.24. The van der Waals surface area contributed by atoms with Crippen LogP contribution in [0.15, 0.2) is 18.2 Å². The van der Waals surface area contributed by atoms with E-state index in [4.69, 9.17) is 16.7 Å². The van der Waals surface area contributed by atoms with E-state index in [1.54, 1.807) is 18.2 Å². The lowest BCUT2D eigenvalue weighted by Gasteiger charge is -2.29. The Morgan fingerprint density at radius 2 is 2.15 bits per heavy atom. The maximum absolute atomic E-state index is 12.2. The fourth-order valence-corrected chi connectivity index (χ4v) is 3.90. The van der Waals surface area contributed by atoms with E-state index in [1.165, 1.54) is 4.31 Å². The van der Waals surface area contributed by atoms with Crippen LogP contribution in [0.25, 0.3) is 0 Å². The SMILES string of the molecule is O=S1(=O)CCCCN1c1cc(Cl)ccc1C#CCCO. The molecule has 1 saturated heterocycles. The molecule has 2 rings (SSSR count). The minimum absolute atomic E-state index is 0.0159. The molecule has 0 bridgehead atoms. The van der Waals surface area contributed by atoms with Gasteiger partial charge in [-0.05, 0) is 31.0 Å². The third-order valence-corrected chi connectivity index (χ3v) is 5.13. The number of aliphatic hydroxyl groups excluding tert-OH is 1. The second-order valence-corrected chi connectivity index (χ2v) is 6.98. The molecule has 1 N–H and O–H groups in total. The average molecular weight is 314 g/mol. The largest absolute Gasteiger partial charge is 0.395 e. The third-order valence-electron chi connectivity index (χ3n) is 3.04. The number of hydrogen-bond acceptors (Lipinski definition) is 3. The average Bonchev–Trinajstić information content (AvgIpc) is 2.40. The number of nitrogens with zero attached hydrogens (tertiary/aromatic N) is 1. The van der Waals surface area contributed by atoms with Crippen LogP contribution < -0.4 is 4.31 Å². The standard InChI is InChI=1S/C14H16ClNO3S/c15-13-7-6-12(5-1-3-9-17)14(11-13)16-8-2-4-10-20(16,18)19/h6-7,11,17H,2-4,8-10H2. The summed E-state index contributed by atoms with van der Waals surface area (Å²) in [4.78, 5) is 0. The van der Waals surface area contributed by atoms with Crippen LogP contribution in [-0.2, 0) is 10.0 Å². The summed E-state index contributed by atoms with van der Waals surface area (Å²) in [7, 11) is -3.29. The van der Waals surface area contributed by atoms with Crippen LogP contribution in [0.5, 0.6) is 0 Å². The van der Waals surface area contributed by atoms with Crippen molar-refractivity contribution in [3.8, 4) is 11.8 Å². The molecule has 0 spiro atoms. The van der Waals surface area contributed by atoms with Crippen molar-refractivity contribution in [2.24, 2.45) is 0 Å². The first-order valence-corrected chi connectivity index (χ1v) is 8.43. The molecule has 0 unspecified atom stereocenters. The lowest BCUT2D eigenvalue weighted by Crippen LogP contribution is -2.38. The second-order valence-electron chi connectivity index (χ2n) is 4.53. The fraction of sp³-hybridized carbons (Fsp3) is 0.429. The van der Waals surface area contributed by atoms with Gasteiger partial charge in [0, 0.05) is 23.6 Å². The number of halogens is 1. The molecular formula is C14H16ClNO3S. The van der Waals surface area contributed by atoms with Crippen molar-refractivity contribution in [2.75, 3.05) is 23.2 Å². The molecule has 1 aromatic rings. The summed E-state index contributed by atoms with van der Waals surface area (Å²) < 4.78 is 25.7. The molecule has 0 amide bonds. The molecular weight excluding hydrogens is 298 g/mol. The molecule has 1 aliphatic heterocycles. The molecule has 0 aliphatic carbocycles. The van der Waals surface area contributed by atoms with Crippen LogP contribution in [0, 0.1) is 11.8 Å². The van der Waals surface area contributed by atoms with Crippen molar-refractivity contribution < 1.29 is 13.5 Å². The van der Waals surface area contributed by atoms with Gasteiger partial charge in [0.1, 0.15) is 0 Å². The summed E-state index contributed by atoms with van der Waals surface area (Å²) in [5.41, 5.74) is 1.15. The summed E-state index contributed by atoms with van der Waals surface area (Å²) in [6, 6.07) is 5.03. The van der Waals surface area contributed by atoms with Gasteiger partial charge in [0.15, 0.2) is 0 Å². The van der Waals surface area contributed by atoms with Gasteiger partial charge in [-0.15, -0.1) is 0 Å². The smallest absolute Gasteiger partial charge is 0.235 e. The molecule has 1 fully saturated rings. The van der Waals surface area contributed by atoms with Crippen molar-refractivity contribution in [3.63, 3.8) is 0 Å². The molecule has 4 nitrogen and oxygen atoms in total. The summed E-state index contributed by atoms with van der Waals surface area (Å²) in [6.07, 6.45) is 1.87. The summed E-state index contributed by atoms with van der Waals surface area (Å²) in [6.45, 7) is 0.440. The molecule has 20 heavy (non-hydrogen) atoms. The van der Waals surface area contributed by atoms with E-state index in [0.717, 1.165) is 6.42 Å². The fourth-order valence-electron chi connectivity index (χ4n) is 2.09. The van der Waals surface area contributed by atoms with Gasteiger partial charge in [0.05, 0.1) is 18.0 Å². The highest BCUT2D eigenvalue weighted by atomic mass is 35.5. The molecule has 108 valence electrons. The van der Waals surface area contributed by atoms with E-state index in [9.17, 15) is 8.42 Å². The minimum Gasteiger partial charge on any atom is -0.395 e. The Morgan fingerprint density at radius 3 is 2.85 bits per heavy atom. The molecule has 1 aromatic carbocycles. The van der Waals surface area contributed by atoms with E-state index < -0.39 is 10.0 Å². The highest BCUT2D eigenvalue weighted by Gasteiger charge is 2.27. The molecule has 1 heterocycles. The summed E-state index contributed by atoms with van der Waals surface area (Å²) in [5.74, 6) is 5.87. The highest BCUT2D eigenvalue weighted by molar-refractivity contribution is 7.92. The van der Waals surface area contributed by atoms with E-state index in [-0.39, 0.29) is 12.4 Å².